The van der Waals surface area contributed by atoms with Crippen LogP contribution in [-0.4, -0.2) is 49.6 Å². The summed E-state index contributed by atoms with van der Waals surface area (Å²) in [6.07, 6.45) is 4.35. The van der Waals surface area contributed by atoms with Gasteiger partial charge in [-0.15, -0.1) is 0 Å². The molecule has 0 rings (SSSR count). The highest BCUT2D eigenvalue weighted by molar-refractivity contribution is 9.18. The predicted molar refractivity (Wildman–Crippen MR) is 123 cm³/mol. The van der Waals surface area contributed by atoms with Crippen LogP contribution in [-0.2, 0) is 32.7 Å². The van der Waals surface area contributed by atoms with E-state index in [1.54, 1.807) is 35.0 Å². The van der Waals surface area contributed by atoms with Gasteiger partial charge in [0.2, 0.25) is 0 Å². The zero-order valence-electron chi connectivity index (χ0n) is 13.8. The highest BCUT2D eigenvalue weighted by Crippen LogP contribution is 2.76. The second-order valence-electron chi connectivity index (χ2n) is 4.41. The van der Waals surface area contributed by atoms with Gasteiger partial charge in [0.25, 0.3) is 0 Å². The van der Waals surface area contributed by atoms with Gasteiger partial charge in [-0.05, 0) is 45.2 Å². The molecule has 22 heavy (non-hydrogen) atoms. The predicted octanol–water partition coefficient (Wildman–Crippen LogP) is 6.57. The molecule has 0 saturated heterocycles. The third-order valence-corrected chi connectivity index (χ3v) is 24.0. The fraction of sp³-hybridized carbons (Fsp3) is 1.00. The van der Waals surface area contributed by atoms with Gasteiger partial charge >= 0.3 is 0 Å². The Morgan fingerprint density at radius 2 is 1.09 bits per heavy atom. The molecule has 0 spiro atoms. The van der Waals surface area contributed by atoms with E-state index >= 15 is 0 Å². The molecule has 0 aromatic rings. The molecular formula is C12H28O2P2S6. The van der Waals surface area contributed by atoms with E-state index in [0.29, 0.717) is 0 Å². The summed E-state index contributed by atoms with van der Waals surface area (Å²) in [4.78, 5) is 0. The fourth-order valence-corrected chi connectivity index (χ4v) is 24.2. The Bertz CT molecular complexity index is 336. The maximum Gasteiger partial charge on any atom is 0.130 e. The van der Waals surface area contributed by atoms with Crippen molar-refractivity contribution >= 4 is 78.9 Å². The number of hydrogen-bond donors (Lipinski definition) is 0. The van der Waals surface area contributed by atoms with E-state index in [9.17, 15) is 0 Å². The summed E-state index contributed by atoms with van der Waals surface area (Å²) in [5.74, 6) is 4.55. The van der Waals surface area contributed by atoms with Crippen molar-refractivity contribution < 1.29 is 9.05 Å². The standard InChI is InChI=1S/C12H28O2P2S6/c1-5-9-19-11-7-15(17,13-3)21-22-16(18,14-4)8-12-20-10-6-2/h5-12H2,1-4H3. The quantitative estimate of drug-likeness (QED) is 0.154. The summed E-state index contributed by atoms with van der Waals surface area (Å²) in [6.45, 7) is 4.41. The van der Waals surface area contributed by atoms with Crippen molar-refractivity contribution in [2.24, 2.45) is 0 Å². The zero-order chi connectivity index (χ0) is 16.9. The van der Waals surface area contributed by atoms with E-state index in [1.807, 2.05) is 23.5 Å². The summed E-state index contributed by atoms with van der Waals surface area (Å²) in [5, 5.41) is 0. The van der Waals surface area contributed by atoms with Crippen LogP contribution in [0.3, 0.4) is 0 Å². The second-order valence-corrected chi connectivity index (χ2v) is 23.3. The monoisotopic (exact) mass is 458 g/mol. The van der Waals surface area contributed by atoms with E-state index in [2.05, 4.69) is 13.8 Å². The van der Waals surface area contributed by atoms with Gasteiger partial charge in [0.15, 0.2) is 0 Å². The molecule has 0 fully saturated rings. The molecule has 2 unspecified atom stereocenters. The Morgan fingerprint density at radius 1 is 0.727 bits per heavy atom. The molecule has 0 saturated carbocycles. The van der Waals surface area contributed by atoms with Gasteiger partial charge in [-0.3, -0.25) is 0 Å². The van der Waals surface area contributed by atoms with Crippen LogP contribution < -0.4 is 0 Å². The zero-order valence-corrected chi connectivity index (χ0v) is 20.5. The molecule has 0 heterocycles. The van der Waals surface area contributed by atoms with E-state index < -0.39 is 10.9 Å². The summed E-state index contributed by atoms with van der Waals surface area (Å²) >= 11 is 15.4. The van der Waals surface area contributed by atoms with Crippen molar-refractivity contribution in [3.63, 3.8) is 0 Å². The third kappa shape index (κ3) is 12.1. The van der Waals surface area contributed by atoms with Gasteiger partial charge in [0.05, 0.1) is 0 Å². The minimum absolute atomic E-state index is 0.963. The van der Waals surface area contributed by atoms with Crippen molar-refractivity contribution in [3.05, 3.63) is 0 Å². The first-order valence-corrected chi connectivity index (χ1v) is 18.8. The molecule has 0 aliphatic heterocycles. The fourth-order valence-electron chi connectivity index (χ4n) is 1.27. The molecular weight excluding hydrogens is 430 g/mol. The molecule has 0 aromatic heterocycles. The maximum atomic E-state index is 5.75. The minimum atomic E-state index is -1.83. The minimum Gasteiger partial charge on any atom is -0.344 e. The van der Waals surface area contributed by atoms with E-state index in [0.717, 1.165) is 23.8 Å². The average Bonchev–Trinajstić information content (AvgIpc) is 2.54. The molecule has 0 N–H and O–H groups in total. The first kappa shape index (κ1) is 24.6. The lowest BCUT2D eigenvalue weighted by molar-refractivity contribution is 0.470. The largest absolute Gasteiger partial charge is 0.344 e. The van der Waals surface area contributed by atoms with Crippen LogP contribution in [0.4, 0.5) is 0 Å². The normalized spacial score (nSPS) is 17.1. The van der Waals surface area contributed by atoms with Gasteiger partial charge in [0, 0.05) is 38.0 Å². The van der Waals surface area contributed by atoms with Gasteiger partial charge in [-0.1, -0.05) is 37.5 Å². The molecule has 0 radical (unpaired) electrons. The molecule has 2 atom stereocenters. The van der Waals surface area contributed by atoms with Crippen LogP contribution in [0.5, 0.6) is 0 Å². The molecule has 0 aliphatic rings. The Kier molecular flexibility index (Phi) is 16.5. The molecule has 134 valence electrons. The van der Waals surface area contributed by atoms with Crippen LogP contribution in [0.15, 0.2) is 0 Å². The Balaban J connectivity index is 4.29. The van der Waals surface area contributed by atoms with E-state index in [-0.39, 0.29) is 0 Å². The highest BCUT2D eigenvalue weighted by Gasteiger charge is 2.24. The van der Waals surface area contributed by atoms with E-state index in [1.165, 1.54) is 24.3 Å². The van der Waals surface area contributed by atoms with Crippen molar-refractivity contribution in [3.8, 4) is 0 Å². The summed E-state index contributed by atoms with van der Waals surface area (Å²) in [6, 6.07) is 0. The van der Waals surface area contributed by atoms with Crippen molar-refractivity contribution in [1.82, 2.24) is 0 Å². The van der Waals surface area contributed by atoms with E-state index in [4.69, 9.17) is 32.7 Å². The third-order valence-electron chi connectivity index (χ3n) is 2.53. The van der Waals surface area contributed by atoms with Crippen LogP contribution in [0.1, 0.15) is 26.7 Å². The molecule has 0 amide bonds. The average molecular weight is 459 g/mol. The smallest absolute Gasteiger partial charge is 0.130 e. The Labute approximate surface area is 163 Å². The summed E-state index contributed by atoms with van der Waals surface area (Å²) in [5.41, 5.74) is -3.66. The SMILES string of the molecule is CCCSCCP(=S)(OC)SSP(=S)(CCSCCC)OC. The van der Waals surface area contributed by atoms with Crippen molar-refractivity contribution in [2.45, 2.75) is 26.7 Å². The first-order valence-electron chi connectivity index (χ1n) is 7.28. The lowest BCUT2D eigenvalue weighted by atomic mass is 10.6. The molecule has 0 bridgehead atoms. The van der Waals surface area contributed by atoms with Crippen LogP contribution >= 0.6 is 55.3 Å². The lowest BCUT2D eigenvalue weighted by Crippen LogP contribution is -1.94. The van der Waals surface area contributed by atoms with Crippen LogP contribution in [0, 0.1) is 0 Å². The van der Waals surface area contributed by atoms with Gasteiger partial charge < -0.3 is 9.05 Å². The molecule has 2 nitrogen and oxygen atoms in total. The molecule has 0 aliphatic carbocycles. The number of rotatable bonds is 15. The summed E-state index contributed by atoms with van der Waals surface area (Å²) in [7, 11) is 6.87. The van der Waals surface area contributed by atoms with Crippen LogP contribution in [0.25, 0.3) is 0 Å². The Morgan fingerprint density at radius 3 is 1.36 bits per heavy atom. The number of hydrogen-bond acceptors (Lipinski definition) is 8. The first-order chi connectivity index (χ1) is 10.4. The molecule has 0 aromatic carbocycles. The lowest BCUT2D eigenvalue weighted by Gasteiger charge is -2.23. The topological polar surface area (TPSA) is 18.5 Å². The molecule has 10 heteroatoms. The van der Waals surface area contributed by atoms with Gasteiger partial charge in [0.1, 0.15) is 10.9 Å². The van der Waals surface area contributed by atoms with Crippen LogP contribution in [0.2, 0.25) is 0 Å². The number of thioether (sulfide) groups is 2. The van der Waals surface area contributed by atoms with Gasteiger partial charge in [-0.25, -0.2) is 0 Å². The van der Waals surface area contributed by atoms with Gasteiger partial charge in [-0.2, -0.15) is 23.5 Å². The highest BCUT2D eigenvalue weighted by atomic mass is 33.5. The maximum absolute atomic E-state index is 5.75. The Hall–Kier alpha value is 2.62. The second kappa shape index (κ2) is 14.8. The summed E-state index contributed by atoms with van der Waals surface area (Å²) < 4.78 is 11.3. The van der Waals surface area contributed by atoms with Crippen molar-refractivity contribution in [1.29, 1.82) is 0 Å². The van der Waals surface area contributed by atoms with Crippen molar-refractivity contribution in [2.75, 3.05) is 49.6 Å².